The molecule has 0 aliphatic carbocycles. The lowest BCUT2D eigenvalue weighted by Crippen LogP contribution is -2.17. The van der Waals surface area contributed by atoms with Gasteiger partial charge in [0.25, 0.3) is 0 Å². The molecule has 0 aliphatic heterocycles. The second-order valence-electron chi connectivity index (χ2n) is 1.88. The van der Waals surface area contributed by atoms with Crippen LogP contribution >= 0.6 is 22.6 Å². The Morgan fingerprint density at radius 1 is 1.90 bits per heavy atom. The van der Waals surface area contributed by atoms with Crippen molar-refractivity contribution in [3.05, 3.63) is 16.0 Å². The fraction of sp³-hybridized carbons (Fsp3) is 0.200. The molecular weight excluding hydrogens is 243 g/mol. The van der Waals surface area contributed by atoms with Gasteiger partial charge in [0.2, 0.25) is 0 Å². The Hall–Kier alpha value is -0.590. The van der Waals surface area contributed by atoms with Crippen molar-refractivity contribution in [3.8, 4) is 0 Å². The van der Waals surface area contributed by atoms with E-state index in [9.17, 15) is 0 Å². The number of hydrogen-bond acceptors (Lipinski definition) is 2. The van der Waals surface area contributed by atoms with E-state index < -0.39 is 0 Å². The standard InChI is InChI=1S/C5H7IN4/c6-4-1-9-10(2-4)3-5(7)8/h1-2H,3H2,(H3,7,8). The van der Waals surface area contributed by atoms with Crippen molar-refractivity contribution in [2.24, 2.45) is 5.73 Å². The number of hydrogen-bond donors (Lipinski definition) is 2. The highest BCUT2D eigenvalue weighted by Gasteiger charge is 1.94. The summed E-state index contributed by atoms with van der Waals surface area (Å²) in [6, 6.07) is 0. The molecule has 1 aromatic heterocycles. The molecule has 3 N–H and O–H groups in total. The number of amidine groups is 1. The van der Waals surface area contributed by atoms with Gasteiger partial charge in [-0.05, 0) is 22.6 Å². The van der Waals surface area contributed by atoms with Crippen molar-refractivity contribution >= 4 is 28.4 Å². The Morgan fingerprint density at radius 3 is 3.00 bits per heavy atom. The van der Waals surface area contributed by atoms with Crippen LogP contribution in [0.3, 0.4) is 0 Å². The number of aromatic nitrogens is 2. The van der Waals surface area contributed by atoms with E-state index in [1.165, 1.54) is 0 Å². The van der Waals surface area contributed by atoms with Crippen LogP contribution in [0.25, 0.3) is 0 Å². The van der Waals surface area contributed by atoms with Crippen molar-refractivity contribution in [3.63, 3.8) is 0 Å². The Balaban J connectivity index is 2.67. The molecule has 0 atom stereocenters. The number of nitrogens with two attached hydrogens (primary N) is 1. The van der Waals surface area contributed by atoms with E-state index >= 15 is 0 Å². The zero-order chi connectivity index (χ0) is 7.56. The number of halogens is 1. The van der Waals surface area contributed by atoms with Crippen LogP contribution in [0.4, 0.5) is 0 Å². The fourth-order valence-corrected chi connectivity index (χ4v) is 1.05. The minimum atomic E-state index is 0.125. The topological polar surface area (TPSA) is 67.7 Å². The van der Waals surface area contributed by atoms with Crippen LogP contribution < -0.4 is 5.73 Å². The Labute approximate surface area is 72.1 Å². The predicted octanol–water partition coefficient (Wildman–Crippen LogP) is 0.424. The maximum absolute atomic E-state index is 6.96. The number of rotatable bonds is 2. The van der Waals surface area contributed by atoms with E-state index in [2.05, 4.69) is 27.7 Å². The van der Waals surface area contributed by atoms with E-state index in [1.54, 1.807) is 10.9 Å². The largest absolute Gasteiger partial charge is 0.386 e. The first-order valence-electron chi connectivity index (χ1n) is 2.69. The Bertz CT molecular complexity index is 242. The minimum absolute atomic E-state index is 0.125. The molecule has 4 nitrogen and oxygen atoms in total. The average molecular weight is 250 g/mol. The van der Waals surface area contributed by atoms with Crippen molar-refractivity contribution in [2.75, 3.05) is 0 Å². The third kappa shape index (κ3) is 1.98. The monoisotopic (exact) mass is 250 g/mol. The summed E-state index contributed by atoms with van der Waals surface area (Å²) in [6.07, 6.45) is 3.56. The van der Waals surface area contributed by atoms with E-state index in [4.69, 9.17) is 11.1 Å². The van der Waals surface area contributed by atoms with Gasteiger partial charge in [0.05, 0.1) is 16.3 Å². The van der Waals surface area contributed by atoms with Gasteiger partial charge in [-0.25, -0.2) is 0 Å². The van der Waals surface area contributed by atoms with Gasteiger partial charge in [-0.15, -0.1) is 0 Å². The van der Waals surface area contributed by atoms with Crippen molar-refractivity contribution < 1.29 is 0 Å². The Morgan fingerprint density at radius 2 is 2.60 bits per heavy atom. The molecule has 5 heteroatoms. The molecule has 10 heavy (non-hydrogen) atoms. The van der Waals surface area contributed by atoms with Gasteiger partial charge in [0.15, 0.2) is 0 Å². The first kappa shape index (κ1) is 7.52. The summed E-state index contributed by atoms with van der Waals surface area (Å²) in [4.78, 5) is 0. The Kier molecular flexibility index (Phi) is 2.25. The maximum atomic E-state index is 6.96. The molecule has 0 saturated carbocycles. The molecule has 1 heterocycles. The van der Waals surface area contributed by atoms with Crippen LogP contribution in [0.2, 0.25) is 0 Å². The molecule has 0 spiro atoms. The molecule has 1 aromatic rings. The molecule has 54 valence electrons. The zero-order valence-electron chi connectivity index (χ0n) is 5.21. The van der Waals surface area contributed by atoms with E-state index in [1.807, 2.05) is 6.20 Å². The molecule has 0 amide bonds. The second-order valence-corrected chi connectivity index (χ2v) is 3.13. The molecule has 0 bridgehead atoms. The van der Waals surface area contributed by atoms with E-state index in [0.29, 0.717) is 6.54 Å². The smallest absolute Gasteiger partial charge is 0.113 e. The third-order valence-corrected chi connectivity index (χ3v) is 1.49. The first-order valence-corrected chi connectivity index (χ1v) is 3.77. The van der Waals surface area contributed by atoms with Gasteiger partial charge in [0.1, 0.15) is 5.84 Å². The summed E-state index contributed by atoms with van der Waals surface area (Å²) in [5, 5.41) is 10.9. The SMILES string of the molecule is N=C(N)Cn1cc(I)cn1. The average Bonchev–Trinajstić information content (AvgIpc) is 2.13. The van der Waals surface area contributed by atoms with Crippen molar-refractivity contribution in [1.82, 2.24) is 9.78 Å². The highest BCUT2D eigenvalue weighted by molar-refractivity contribution is 14.1. The van der Waals surface area contributed by atoms with Crippen molar-refractivity contribution in [1.29, 1.82) is 5.41 Å². The van der Waals surface area contributed by atoms with Gasteiger partial charge < -0.3 is 5.73 Å². The quantitative estimate of drug-likeness (QED) is 0.454. The maximum Gasteiger partial charge on any atom is 0.113 e. The molecule has 0 aromatic carbocycles. The van der Waals surface area contributed by atoms with Crippen LogP contribution in [-0.2, 0) is 6.54 Å². The van der Waals surface area contributed by atoms with Gasteiger partial charge in [-0.2, -0.15) is 5.10 Å². The van der Waals surface area contributed by atoms with E-state index in [-0.39, 0.29) is 5.84 Å². The zero-order valence-corrected chi connectivity index (χ0v) is 7.37. The normalized spacial score (nSPS) is 9.70. The molecule has 1 rings (SSSR count). The third-order valence-electron chi connectivity index (χ3n) is 0.934. The van der Waals surface area contributed by atoms with Gasteiger partial charge >= 0.3 is 0 Å². The molecule has 0 fully saturated rings. The molecule has 0 saturated heterocycles. The minimum Gasteiger partial charge on any atom is -0.386 e. The van der Waals surface area contributed by atoms with Crippen molar-refractivity contribution in [2.45, 2.75) is 6.54 Å². The summed E-state index contributed by atoms with van der Waals surface area (Å²) >= 11 is 2.15. The fourth-order valence-electron chi connectivity index (χ4n) is 0.599. The summed E-state index contributed by atoms with van der Waals surface area (Å²) in [6.45, 7) is 0.378. The van der Waals surface area contributed by atoms with Crippen LogP contribution in [0.15, 0.2) is 12.4 Å². The van der Waals surface area contributed by atoms with Crippen LogP contribution in [0.1, 0.15) is 0 Å². The van der Waals surface area contributed by atoms with Gasteiger partial charge in [-0.3, -0.25) is 10.1 Å². The summed E-state index contributed by atoms with van der Waals surface area (Å²) in [5.41, 5.74) is 5.15. The van der Waals surface area contributed by atoms with Gasteiger partial charge in [-0.1, -0.05) is 0 Å². The first-order chi connectivity index (χ1) is 4.68. The van der Waals surface area contributed by atoms with Crippen LogP contribution in [0.5, 0.6) is 0 Å². The predicted molar refractivity (Wildman–Crippen MR) is 46.9 cm³/mol. The summed E-state index contributed by atoms with van der Waals surface area (Å²) in [5.74, 6) is 0.125. The van der Waals surface area contributed by atoms with E-state index in [0.717, 1.165) is 3.57 Å². The highest BCUT2D eigenvalue weighted by Crippen LogP contribution is 2.00. The highest BCUT2D eigenvalue weighted by atomic mass is 127. The lowest BCUT2D eigenvalue weighted by molar-refractivity contribution is 0.718. The molecule has 0 radical (unpaired) electrons. The molecule has 0 unspecified atom stereocenters. The summed E-state index contributed by atoms with van der Waals surface area (Å²) < 4.78 is 2.68. The second kappa shape index (κ2) is 3.00. The van der Waals surface area contributed by atoms with Crippen LogP contribution in [0, 0.1) is 8.98 Å². The molecule has 0 aliphatic rings. The lowest BCUT2D eigenvalue weighted by atomic mass is 10.6. The van der Waals surface area contributed by atoms with Crippen LogP contribution in [-0.4, -0.2) is 15.6 Å². The summed E-state index contributed by atoms with van der Waals surface area (Å²) in [7, 11) is 0. The van der Waals surface area contributed by atoms with Gasteiger partial charge in [0, 0.05) is 6.20 Å². The number of nitrogens with one attached hydrogen (secondary N) is 1. The molecular formula is C5H7IN4. The number of nitrogens with zero attached hydrogens (tertiary/aromatic N) is 2. The lowest BCUT2D eigenvalue weighted by Gasteiger charge is -1.95.